The largest absolute Gasteiger partial charge is 0.329 e. The van der Waals surface area contributed by atoms with Crippen molar-refractivity contribution in [2.45, 2.75) is 31.8 Å². The second kappa shape index (κ2) is 7.38. The lowest BCUT2D eigenvalue weighted by Gasteiger charge is -2.22. The molecule has 0 saturated carbocycles. The maximum absolute atomic E-state index is 13.3. The minimum absolute atomic E-state index is 0.0643. The van der Waals surface area contributed by atoms with Crippen LogP contribution in [-0.2, 0) is 0 Å². The number of rotatable bonds is 6. The molecule has 2 atom stereocenters. The van der Waals surface area contributed by atoms with Crippen LogP contribution in [0.2, 0.25) is 5.02 Å². The van der Waals surface area contributed by atoms with Gasteiger partial charge in [-0.15, -0.1) is 6.42 Å². The molecule has 2 nitrogen and oxygen atoms in total. The van der Waals surface area contributed by atoms with Crippen LogP contribution >= 0.6 is 11.6 Å². The fourth-order valence-electron chi connectivity index (χ4n) is 1.82. The van der Waals surface area contributed by atoms with Crippen molar-refractivity contribution in [2.24, 2.45) is 5.73 Å². The quantitative estimate of drug-likeness (QED) is 0.779. The summed E-state index contributed by atoms with van der Waals surface area (Å²) < 4.78 is 13.3. The minimum atomic E-state index is -0.370. The number of terminal acetylenes is 1. The number of halogens is 2. The van der Waals surface area contributed by atoms with E-state index < -0.39 is 0 Å². The lowest BCUT2D eigenvalue weighted by Crippen LogP contribution is -2.35. The molecule has 0 spiro atoms. The summed E-state index contributed by atoms with van der Waals surface area (Å²) in [6, 6.07) is 4.14. The normalized spacial score (nSPS) is 13.9. The molecule has 98 valence electrons. The van der Waals surface area contributed by atoms with Crippen molar-refractivity contribution in [1.82, 2.24) is 5.32 Å². The Hall–Kier alpha value is -1.08. The van der Waals surface area contributed by atoms with Gasteiger partial charge in [0.25, 0.3) is 0 Å². The Balaban J connectivity index is 2.85. The van der Waals surface area contributed by atoms with Gasteiger partial charge in [-0.05, 0) is 30.2 Å². The van der Waals surface area contributed by atoms with Gasteiger partial charge in [0.2, 0.25) is 0 Å². The molecule has 0 aliphatic carbocycles. The molecule has 0 saturated heterocycles. The van der Waals surface area contributed by atoms with E-state index in [1.165, 1.54) is 12.1 Å². The number of nitrogens with one attached hydrogen (secondary N) is 1. The van der Waals surface area contributed by atoms with Crippen LogP contribution in [0.4, 0.5) is 4.39 Å². The van der Waals surface area contributed by atoms with E-state index in [0.29, 0.717) is 11.6 Å². The first-order chi connectivity index (χ1) is 8.60. The molecule has 0 heterocycles. The molecular formula is C14H18ClFN2. The Morgan fingerprint density at radius 3 is 2.72 bits per heavy atom. The van der Waals surface area contributed by atoms with Crippen molar-refractivity contribution in [3.8, 4) is 12.3 Å². The highest BCUT2D eigenvalue weighted by atomic mass is 35.5. The monoisotopic (exact) mass is 268 g/mol. The number of nitrogens with two attached hydrogens (primary N) is 1. The van der Waals surface area contributed by atoms with E-state index in [1.54, 1.807) is 6.07 Å². The predicted molar refractivity (Wildman–Crippen MR) is 73.9 cm³/mol. The molecule has 18 heavy (non-hydrogen) atoms. The molecule has 3 N–H and O–H groups in total. The maximum Gasteiger partial charge on any atom is 0.125 e. The molecule has 1 aromatic rings. The van der Waals surface area contributed by atoms with Crippen molar-refractivity contribution >= 4 is 11.6 Å². The van der Waals surface area contributed by atoms with E-state index in [1.807, 2.05) is 0 Å². The van der Waals surface area contributed by atoms with Crippen LogP contribution in [-0.4, -0.2) is 12.6 Å². The van der Waals surface area contributed by atoms with Gasteiger partial charge in [0.15, 0.2) is 0 Å². The first kappa shape index (κ1) is 15.0. The minimum Gasteiger partial charge on any atom is -0.329 e. The lowest BCUT2D eigenvalue weighted by atomic mass is 10.0. The maximum atomic E-state index is 13.3. The van der Waals surface area contributed by atoms with Crippen LogP contribution in [0.5, 0.6) is 0 Å². The van der Waals surface area contributed by atoms with Gasteiger partial charge in [0.05, 0.1) is 6.04 Å². The van der Waals surface area contributed by atoms with E-state index >= 15 is 0 Å². The Kier molecular flexibility index (Phi) is 6.14. The molecular weight excluding hydrogens is 251 g/mol. The Bertz CT molecular complexity index is 408. The molecule has 0 aliphatic rings. The van der Waals surface area contributed by atoms with Gasteiger partial charge < -0.3 is 5.73 Å². The molecule has 0 bridgehead atoms. The van der Waals surface area contributed by atoms with Gasteiger partial charge in [0, 0.05) is 17.6 Å². The summed E-state index contributed by atoms with van der Waals surface area (Å²) in [6.45, 7) is 2.39. The first-order valence-electron chi connectivity index (χ1n) is 5.99. The van der Waals surface area contributed by atoms with Gasteiger partial charge in [-0.25, -0.2) is 4.39 Å². The summed E-state index contributed by atoms with van der Waals surface area (Å²) in [5.41, 5.74) is 6.43. The van der Waals surface area contributed by atoms with Crippen LogP contribution < -0.4 is 11.1 Å². The fourth-order valence-corrected chi connectivity index (χ4v) is 2.05. The predicted octanol–water partition coefficient (Wildman–Crippen LogP) is 2.87. The average molecular weight is 269 g/mol. The number of benzene rings is 1. The van der Waals surface area contributed by atoms with Gasteiger partial charge in [-0.3, -0.25) is 5.32 Å². The summed E-state index contributed by atoms with van der Waals surface area (Å²) in [7, 11) is 0. The van der Waals surface area contributed by atoms with Crippen LogP contribution in [0.1, 0.15) is 31.4 Å². The molecule has 2 unspecified atom stereocenters. The second-order valence-corrected chi connectivity index (χ2v) is 4.60. The van der Waals surface area contributed by atoms with Gasteiger partial charge in [-0.1, -0.05) is 30.9 Å². The highest BCUT2D eigenvalue weighted by molar-refractivity contribution is 6.30. The average Bonchev–Trinajstić information content (AvgIpc) is 2.33. The SMILES string of the molecule is C#CC(CCC)NC(CN)c1cc(F)cc(Cl)c1. The second-order valence-electron chi connectivity index (χ2n) is 4.17. The first-order valence-corrected chi connectivity index (χ1v) is 6.36. The summed E-state index contributed by atoms with van der Waals surface area (Å²) >= 11 is 5.83. The molecule has 0 aliphatic heterocycles. The lowest BCUT2D eigenvalue weighted by molar-refractivity contribution is 0.473. The molecule has 4 heteroatoms. The molecule has 0 aromatic heterocycles. The molecule has 1 aromatic carbocycles. The third kappa shape index (κ3) is 4.30. The van der Waals surface area contributed by atoms with Gasteiger partial charge in [-0.2, -0.15) is 0 Å². The molecule has 0 amide bonds. The zero-order valence-corrected chi connectivity index (χ0v) is 11.2. The number of hydrogen-bond acceptors (Lipinski definition) is 2. The van der Waals surface area contributed by atoms with Crippen molar-refractivity contribution in [3.63, 3.8) is 0 Å². The molecule has 1 rings (SSSR count). The summed E-state index contributed by atoms with van der Waals surface area (Å²) in [5, 5.41) is 3.60. The van der Waals surface area contributed by atoms with Gasteiger partial charge >= 0.3 is 0 Å². The van der Waals surface area contributed by atoms with E-state index in [-0.39, 0.29) is 17.9 Å². The summed E-state index contributed by atoms with van der Waals surface area (Å²) in [6.07, 6.45) is 7.28. The zero-order chi connectivity index (χ0) is 13.5. The zero-order valence-electron chi connectivity index (χ0n) is 10.4. The van der Waals surface area contributed by atoms with E-state index in [4.69, 9.17) is 23.8 Å². The molecule has 0 fully saturated rings. The van der Waals surface area contributed by atoms with E-state index in [9.17, 15) is 4.39 Å². The fraction of sp³-hybridized carbons (Fsp3) is 0.429. The van der Waals surface area contributed by atoms with Crippen molar-refractivity contribution in [3.05, 3.63) is 34.6 Å². The van der Waals surface area contributed by atoms with Crippen molar-refractivity contribution in [1.29, 1.82) is 0 Å². The smallest absolute Gasteiger partial charge is 0.125 e. The van der Waals surface area contributed by atoms with Crippen molar-refractivity contribution in [2.75, 3.05) is 6.54 Å². The summed E-state index contributed by atoms with van der Waals surface area (Å²) in [4.78, 5) is 0. The Morgan fingerprint density at radius 1 is 1.50 bits per heavy atom. The highest BCUT2D eigenvalue weighted by Crippen LogP contribution is 2.20. The van der Waals surface area contributed by atoms with Crippen molar-refractivity contribution < 1.29 is 4.39 Å². The third-order valence-corrected chi connectivity index (χ3v) is 2.92. The van der Waals surface area contributed by atoms with Crippen LogP contribution in [0, 0.1) is 18.2 Å². The van der Waals surface area contributed by atoms with Crippen LogP contribution in [0.15, 0.2) is 18.2 Å². The van der Waals surface area contributed by atoms with Crippen LogP contribution in [0.25, 0.3) is 0 Å². The topological polar surface area (TPSA) is 38.0 Å². The van der Waals surface area contributed by atoms with E-state index in [0.717, 1.165) is 18.4 Å². The standard InChI is InChI=1S/C14H18ClFN2/c1-3-5-13(4-2)18-14(9-17)10-6-11(15)8-12(16)7-10/h2,6-8,13-14,18H,3,5,9,17H2,1H3. The van der Waals surface area contributed by atoms with Gasteiger partial charge in [0.1, 0.15) is 5.82 Å². The summed E-state index contributed by atoms with van der Waals surface area (Å²) in [5.74, 6) is 2.30. The Morgan fingerprint density at radius 2 is 2.22 bits per heavy atom. The third-order valence-electron chi connectivity index (χ3n) is 2.70. The van der Waals surface area contributed by atoms with Crippen LogP contribution in [0.3, 0.4) is 0 Å². The number of hydrogen-bond donors (Lipinski definition) is 2. The molecule has 0 radical (unpaired) electrons. The Labute approximate surface area is 113 Å². The van der Waals surface area contributed by atoms with E-state index in [2.05, 4.69) is 18.2 Å². The highest BCUT2D eigenvalue weighted by Gasteiger charge is 2.15.